The van der Waals surface area contributed by atoms with Crippen molar-refractivity contribution in [1.29, 1.82) is 0 Å². The van der Waals surface area contributed by atoms with Crippen molar-refractivity contribution >= 4 is 21.6 Å². The summed E-state index contributed by atoms with van der Waals surface area (Å²) in [5.74, 6) is -0.597. The van der Waals surface area contributed by atoms with E-state index in [1.807, 2.05) is 0 Å². The van der Waals surface area contributed by atoms with Crippen molar-refractivity contribution in [3.63, 3.8) is 0 Å². The van der Waals surface area contributed by atoms with Crippen molar-refractivity contribution in [3.05, 3.63) is 59.4 Å². The van der Waals surface area contributed by atoms with Crippen molar-refractivity contribution < 1.29 is 22.3 Å². The van der Waals surface area contributed by atoms with Crippen molar-refractivity contribution in [3.8, 4) is 0 Å². The van der Waals surface area contributed by atoms with Gasteiger partial charge in [0.15, 0.2) is 0 Å². The molecule has 0 saturated carbocycles. The number of rotatable bonds is 5. The molecule has 0 bridgehead atoms. The van der Waals surface area contributed by atoms with Gasteiger partial charge >= 0.3 is 0 Å². The number of aryl methyl sites for hydroxylation is 1. The SMILES string of the molecule is Cc1ccc(NC(=O)C2(c3ccc(F)cc3)CCOCC2)cc1S(=O)(=O)N1CCCCC1. The van der Waals surface area contributed by atoms with E-state index in [0.29, 0.717) is 50.4 Å². The maximum atomic E-state index is 13.5. The highest BCUT2D eigenvalue weighted by atomic mass is 32.2. The molecule has 0 aromatic heterocycles. The first-order valence-electron chi connectivity index (χ1n) is 11.1. The van der Waals surface area contributed by atoms with Gasteiger partial charge in [-0.05, 0) is 68.0 Å². The van der Waals surface area contributed by atoms with Gasteiger partial charge in [0.25, 0.3) is 0 Å². The molecular weight excluding hydrogens is 431 g/mol. The average Bonchev–Trinajstić information content (AvgIpc) is 2.81. The zero-order valence-corrected chi connectivity index (χ0v) is 19.1. The fourth-order valence-corrected chi connectivity index (χ4v) is 6.35. The number of anilines is 1. The summed E-state index contributed by atoms with van der Waals surface area (Å²) >= 11 is 0. The molecule has 172 valence electrons. The molecule has 2 fully saturated rings. The van der Waals surface area contributed by atoms with E-state index >= 15 is 0 Å². The van der Waals surface area contributed by atoms with E-state index in [1.165, 1.54) is 16.4 Å². The number of nitrogens with one attached hydrogen (secondary N) is 1. The molecule has 1 N–H and O–H groups in total. The summed E-state index contributed by atoms with van der Waals surface area (Å²) in [6.45, 7) is 3.65. The van der Waals surface area contributed by atoms with E-state index in [4.69, 9.17) is 4.74 Å². The van der Waals surface area contributed by atoms with Crippen LogP contribution in [-0.2, 0) is 25.0 Å². The van der Waals surface area contributed by atoms with Gasteiger partial charge in [0.2, 0.25) is 15.9 Å². The third-order valence-corrected chi connectivity index (χ3v) is 8.60. The van der Waals surface area contributed by atoms with Crippen LogP contribution in [0.3, 0.4) is 0 Å². The Bertz CT molecular complexity index is 1070. The number of amides is 1. The van der Waals surface area contributed by atoms with Crippen LogP contribution in [0.2, 0.25) is 0 Å². The van der Waals surface area contributed by atoms with Crippen LogP contribution in [-0.4, -0.2) is 44.9 Å². The zero-order chi connectivity index (χ0) is 22.8. The molecule has 6 nitrogen and oxygen atoms in total. The molecule has 32 heavy (non-hydrogen) atoms. The minimum absolute atomic E-state index is 0.222. The molecule has 0 aliphatic carbocycles. The number of sulfonamides is 1. The number of carbonyl (C=O) groups excluding carboxylic acids is 1. The molecule has 1 amide bonds. The summed E-state index contributed by atoms with van der Waals surface area (Å²) < 4.78 is 46.9. The standard InChI is InChI=1S/C24H29FN2O4S/c1-18-5-10-21(17-22(18)32(29,30)27-13-3-2-4-14-27)26-23(28)24(11-15-31-16-12-24)19-6-8-20(25)9-7-19/h5-10,17H,2-4,11-16H2,1H3,(H,26,28). The number of hydrogen-bond donors (Lipinski definition) is 1. The first kappa shape index (κ1) is 22.9. The molecular formula is C24H29FN2O4S. The molecule has 0 spiro atoms. The average molecular weight is 461 g/mol. The predicted molar refractivity (Wildman–Crippen MR) is 121 cm³/mol. The van der Waals surface area contributed by atoms with Crippen molar-refractivity contribution in [2.24, 2.45) is 0 Å². The van der Waals surface area contributed by atoms with Crippen LogP contribution in [0.1, 0.15) is 43.2 Å². The lowest BCUT2D eigenvalue weighted by atomic mass is 9.73. The van der Waals surface area contributed by atoms with Crippen LogP contribution in [0.4, 0.5) is 10.1 Å². The smallest absolute Gasteiger partial charge is 0.243 e. The number of benzene rings is 2. The summed E-state index contributed by atoms with van der Waals surface area (Å²) in [6.07, 6.45) is 3.69. The van der Waals surface area contributed by atoms with Crippen molar-refractivity contribution in [1.82, 2.24) is 4.31 Å². The third kappa shape index (κ3) is 4.44. The Kier molecular flexibility index (Phi) is 6.65. The second kappa shape index (κ2) is 9.29. The Hall–Kier alpha value is -2.29. The van der Waals surface area contributed by atoms with E-state index in [2.05, 4.69) is 5.32 Å². The number of carbonyl (C=O) groups is 1. The molecule has 2 aliphatic rings. The maximum Gasteiger partial charge on any atom is 0.243 e. The molecule has 8 heteroatoms. The molecule has 4 rings (SSSR count). The number of halogens is 1. The lowest BCUT2D eigenvalue weighted by molar-refractivity contribution is -0.125. The molecule has 0 atom stereocenters. The van der Waals surface area contributed by atoms with E-state index in [9.17, 15) is 17.6 Å². The number of ether oxygens (including phenoxy) is 1. The summed E-state index contributed by atoms with van der Waals surface area (Å²) in [4.78, 5) is 13.7. The molecule has 2 aromatic rings. The van der Waals surface area contributed by atoms with Gasteiger partial charge in [-0.2, -0.15) is 4.31 Å². The van der Waals surface area contributed by atoms with Gasteiger partial charge in [0.1, 0.15) is 5.82 Å². The van der Waals surface area contributed by atoms with Gasteiger partial charge in [0, 0.05) is 32.0 Å². The Morgan fingerprint density at radius 1 is 1.03 bits per heavy atom. The first-order chi connectivity index (χ1) is 15.3. The zero-order valence-electron chi connectivity index (χ0n) is 18.3. The lowest BCUT2D eigenvalue weighted by Gasteiger charge is -2.36. The highest BCUT2D eigenvalue weighted by Gasteiger charge is 2.42. The first-order valence-corrected chi connectivity index (χ1v) is 12.5. The lowest BCUT2D eigenvalue weighted by Crippen LogP contribution is -2.44. The van der Waals surface area contributed by atoms with E-state index in [-0.39, 0.29) is 16.6 Å². The van der Waals surface area contributed by atoms with Crippen LogP contribution in [0.5, 0.6) is 0 Å². The van der Waals surface area contributed by atoms with Crippen LogP contribution in [0.25, 0.3) is 0 Å². The number of piperidine rings is 1. The fourth-order valence-electron chi connectivity index (χ4n) is 4.59. The monoisotopic (exact) mass is 460 g/mol. The topological polar surface area (TPSA) is 75.7 Å². The second-order valence-corrected chi connectivity index (χ2v) is 10.5. The maximum absolute atomic E-state index is 13.5. The highest BCUT2D eigenvalue weighted by molar-refractivity contribution is 7.89. The summed E-state index contributed by atoms with van der Waals surface area (Å²) in [5, 5.41) is 2.94. The van der Waals surface area contributed by atoms with Crippen LogP contribution in [0, 0.1) is 12.7 Å². The summed E-state index contributed by atoms with van der Waals surface area (Å²) in [6, 6.07) is 11.0. The normalized spacial score (nSPS) is 19.4. The van der Waals surface area contributed by atoms with Crippen LogP contribution >= 0.6 is 0 Å². The molecule has 2 aromatic carbocycles. The van der Waals surface area contributed by atoms with E-state index in [1.54, 1.807) is 37.3 Å². The minimum atomic E-state index is -3.63. The summed E-state index contributed by atoms with van der Waals surface area (Å²) in [5.41, 5.74) is 0.952. The largest absolute Gasteiger partial charge is 0.381 e. The molecule has 2 heterocycles. The fraction of sp³-hybridized carbons (Fsp3) is 0.458. The molecule has 0 radical (unpaired) electrons. The van der Waals surface area contributed by atoms with Crippen molar-refractivity contribution in [2.75, 3.05) is 31.6 Å². The third-order valence-electron chi connectivity index (χ3n) is 6.56. The number of hydrogen-bond acceptors (Lipinski definition) is 4. The van der Waals surface area contributed by atoms with Gasteiger partial charge in [-0.25, -0.2) is 12.8 Å². The molecule has 2 aliphatic heterocycles. The quantitative estimate of drug-likeness (QED) is 0.732. The van der Waals surface area contributed by atoms with Crippen LogP contribution < -0.4 is 5.32 Å². The predicted octanol–water partition coefficient (Wildman–Crippen LogP) is 4.00. The Balaban J connectivity index is 1.63. The minimum Gasteiger partial charge on any atom is -0.381 e. The van der Waals surface area contributed by atoms with Gasteiger partial charge < -0.3 is 10.1 Å². The van der Waals surface area contributed by atoms with Crippen molar-refractivity contribution in [2.45, 2.75) is 49.3 Å². The highest BCUT2D eigenvalue weighted by Crippen LogP contribution is 2.37. The van der Waals surface area contributed by atoms with E-state index < -0.39 is 15.4 Å². The Morgan fingerprint density at radius 2 is 1.69 bits per heavy atom. The van der Waals surface area contributed by atoms with Gasteiger partial charge in [-0.3, -0.25) is 4.79 Å². The molecule has 2 saturated heterocycles. The van der Waals surface area contributed by atoms with E-state index in [0.717, 1.165) is 24.8 Å². The Morgan fingerprint density at radius 3 is 2.34 bits per heavy atom. The number of nitrogens with zero attached hydrogens (tertiary/aromatic N) is 1. The van der Waals surface area contributed by atoms with Crippen LogP contribution in [0.15, 0.2) is 47.4 Å². The summed E-state index contributed by atoms with van der Waals surface area (Å²) in [7, 11) is -3.63. The Labute approximate surface area is 188 Å². The van der Waals surface area contributed by atoms with Gasteiger partial charge in [-0.1, -0.05) is 24.6 Å². The van der Waals surface area contributed by atoms with Gasteiger partial charge in [0.05, 0.1) is 10.3 Å². The molecule has 0 unspecified atom stereocenters. The van der Waals surface area contributed by atoms with Gasteiger partial charge in [-0.15, -0.1) is 0 Å². The second-order valence-electron chi connectivity index (χ2n) is 8.60.